The Kier molecular flexibility index (Phi) is 5.58. The summed E-state index contributed by atoms with van der Waals surface area (Å²) in [4.78, 5) is 2.37. The molecule has 1 aliphatic rings. The first-order valence-electron chi connectivity index (χ1n) is 7.74. The van der Waals surface area contributed by atoms with Gasteiger partial charge in [0.05, 0.1) is 6.07 Å². The van der Waals surface area contributed by atoms with Gasteiger partial charge in [-0.25, -0.2) is 0 Å². The molecular weight excluding hydrogens is 246 g/mol. The molecular formula is C17H25N3. The Hall–Kier alpha value is -1.37. The molecule has 0 spiro atoms. The molecule has 1 atom stereocenters. The zero-order valence-corrected chi connectivity index (χ0v) is 12.6. The van der Waals surface area contributed by atoms with E-state index in [1.807, 2.05) is 6.07 Å². The number of rotatable bonds is 8. The minimum atomic E-state index is -0.178. The molecule has 1 unspecified atom stereocenters. The Labute approximate surface area is 122 Å². The van der Waals surface area contributed by atoms with Gasteiger partial charge in [-0.1, -0.05) is 38.1 Å². The lowest BCUT2D eigenvalue weighted by Gasteiger charge is -2.20. The minimum absolute atomic E-state index is 0.178. The highest BCUT2D eigenvalue weighted by Gasteiger charge is 2.27. The van der Waals surface area contributed by atoms with Crippen molar-refractivity contribution in [2.24, 2.45) is 0 Å². The van der Waals surface area contributed by atoms with E-state index < -0.39 is 0 Å². The fourth-order valence-electron chi connectivity index (χ4n) is 2.67. The molecule has 1 aromatic rings. The number of benzene rings is 1. The van der Waals surface area contributed by atoms with Crippen molar-refractivity contribution in [3.05, 3.63) is 35.4 Å². The summed E-state index contributed by atoms with van der Waals surface area (Å²) >= 11 is 0. The highest BCUT2D eigenvalue weighted by atomic mass is 15.1. The van der Waals surface area contributed by atoms with E-state index in [2.05, 4.69) is 48.3 Å². The van der Waals surface area contributed by atoms with Crippen molar-refractivity contribution in [3.63, 3.8) is 0 Å². The normalized spacial score (nSPS) is 16.1. The van der Waals surface area contributed by atoms with Crippen LogP contribution in [0.4, 0.5) is 0 Å². The second-order valence-corrected chi connectivity index (χ2v) is 5.45. The zero-order chi connectivity index (χ0) is 14.4. The van der Waals surface area contributed by atoms with Crippen molar-refractivity contribution in [2.45, 2.75) is 38.6 Å². The van der Waals surface area contributed by atoms with Crippen LogP contribution in [-0.2, 0) is 0 Å². The lowest BCUT2D eigenvalue weighted by Crippen LogP contribution is -2.33. The van der Waals surface area contributed by atoms with Crippen LogP contribution in [0, 0.1) is 11.3 Å². The smallest absolute Gasteiger partial charge is 0.121 e. The van der Waals surface area contributed by atoms with Crippen LogP contribution in [0.15, 0.2) is 24.3 Å². The maximum absolute atomic E-state index is 9.46. The van der Waals surface area contributed by atoms with Crippen molar-refractivity contribution >= 4 is 0 Å². The highest BCUT2D eigenvalue weighted by molar-refractivity contribution is 5.37. The van der Waals surface area contributed by atoms with Crippen LogP contribution in [0.3, 0.4) is 0 Å². The van der Waals surface area contributed by atoms with Crippen molar-refractivity contribution < 1.29 is 0 Å². The monoisotopic (exact) mass is 271 g/mol. The van der Waals surface area contributed by atoms with Gasteiger partial charge in [-0.3, -0.25) is 5.32 Å². The molecule has 20 heavy (non-hydrogen) atoms. The van der Waals surface area contributed by atoms with Gasteiger partial charge < -0.3 is 4.90 Å². The average Bonchev–Trinajstić information content (AvgIpc) is 3.32. The van der Waals surface area contributed by atoms with E-state index in [-0.39, 0.29) is 6.04 Å². The van der Waals surface area contributed by atoms with Crippen LogP contribution >= 0.6 is 0 Å². The molecule has 1 fully saturated rings. The fraction of sp³-hybridized carbons (Fsp3) is 0.588. The third-order valence-corrected chi connectivity index (χ3v) is 4.12. The standard InChI is InChI=1S/C17H25N3/c1-3-20(4-2)12-11-19-17(13-18)16-8-6-5-7-15(16)14-9-10-14/h5-8,14,17,19H,3-4,9-12H2,1-2H3. The molecule has 0 bridgehead atoms. The molecule has 1 saturated carbocycles. The number of nitriles is 1. The summed E-state index contributed by atoms with van der Waals surface area (Å²) in [5, 5.41) is 12.9. The van der Waals surface area contributed by atoms with Gasteiger partial charge >= 0.3 is 0 Å². The molecule has 0 amide bonds. The second-order valence-electron chi connectivity index (χ2n) is 5.45. The van der Waals surface area contributed by atoms with Gasteiger partial charge in [-0.15, -0.1) is 0 Å². The summed E-state index contributed by atoms with van der Waals surface area (Å²) in [6, 6.07) is 10.7. The maximum Gasteiger partial charge on any atom is 0.121 e. The Balaban J connectivity index is 1.97. The van der Waals surface area contributed by atoms with E-state index in [0.717, 1.165) is 26.2 Å². The average molecular weight is 271 g/mol. The van der Waals surface area contributed by atoms with Crippen LogP contribution in [0.1, 0.15) is 49.8 Å². The number of nitrogens with one attached hydrogen (secondary N) is 1. The van der Waals surface area contributed by atoms with E-state index in [9.17, 15) is 5.26 Å². The SMILES string of the molecule is CCN(CC)CCNC(C#N)c1ccccc1C1CC1. The van der Waals surface area contributed by atoms with Crippen molar-refractivity contribution in [1.82, 2.24) is 10.2 Å². The predicted octanol–water partition coefficient (Wildman–Crippen LogP) is 3.06. The van der Waals surface area contributed by atoms with Crippen LogP contribution in [0.2, 0.25) is 0 Å². The molecule has 1 aliphatic carbocycles. The molecule has 3 nitrogen and oxygen atoms in total. The van der Waals surface area contributed by atoms with Gasteiger partial charge in [0, 0.05) is 13.1 Å². The summed E-state index contributed by atoms with van der Waals surface area (Å²) in [6.45, 7) is 8.33. The summed E-state index contributed by atoms with van der Waals surface area (Å²) in [6.07, 6.45) is 2.54. The lowest BCUT2D eigenvalue weighted by molar-refractivity contribution is 0.300. The molecule has 0 aromatic heterocycles. The second kappa shape index (κ2) is 7.42. The van der Waals surface area contributed by atoms with E-state index in [4.69, 9.17) is 0 Å². The molecule has 3 heteroatoms. The number of nitrogens with zero attached hydrogens (tertiary/aromatic N) is 2. The van der Waals surface area contributed by atoms with Gasteiger partial charge in [0.2, 0.25) is 0 Å². The van der Waals surface area contributed by atoms with E-state index in [0.29, 0.717) is 5.92 Å². The molecule has 108 valence electrons. The van der Waals surface area contributed by atoms with Gasteiger partial charge in [0.1, 0.15) is 6.04 Å². The predicted molar refractivity (Wildman–Crippen MR) is 82.6 cm³/mol. The Morgan fingerprint density at radius 3 is 2.60 bits per heavy atom. The summed E-state index contributed by atoms with van der Waals surface area (Å²) < 4.78 is 0. The molecule has 0 radical (unpaired) electrons. The van der Waals surface area contributed by atoms with Gasteiger partial charge in [-0.05, 0) is 43.0 Å². The zero-order valence-electron chi connectivity index (χ0n) is 12.6. The molecule has 0 saturated heterocycles. The Bertz CT molecular complexity index is 456. The van der Waals surface area contributed by atoms with E-state index >= 15 is 0 Å². The topological polar surface area (TPSA) is 39.1 Å². The van der Waals surface area contributed by atoms with E-state index in [1.54, 1.807) is 0 Å². The largest absolute Gasteiger partial charge is 0.303 e. The number of hydrogen-bond donors (Lipinski definition) is 1. The number of hydrogen-bond acceptors (Lipinski definition) is 3. The van der Waals surface area contributed by atoms with Crippen molar-refractivity contribution in [3.8, 4) is 6.07 Å². The maximum atomic E-state index is 9.46. The van der Waals surface area contributed by atoms with Crippen LogP contribution in [-0.4, -0.2) is 31.1 Å². The van der Waals surface area contributed by atoms with Crippen molar-refractivity contribution in [1.29, 1.82) is 5.26 Å². The molecule has 0 heterocycles. The third-order valence-electron chi connectivity index (χ3n) is 4.12. The first-order valence-corrected chi connectivity index (χ1v) is 7.74. The minimum Gasteiger partial charge on any atom is -0.303 e. The Morgan fingerprint density at radius 1 is 1.30 bits per heavy atom. The first kappa shape index (κ1) is 15.0. The number of likely N-dealkylation sites (N-methyl/N-ethyl adjacent to an activating group) is 1. The molecule has 0 aliphatic heterocycles. The highest BCUT2D eigenvalue weighted by Crippen LogP contribution is 2.42. The van der Waals surface area contributed by atoms with E-state index in [1.165, 1.54) is 24.0 Å². The van der Waals surface area contributed by atoms with Gasteiger partial charge in [-0.2, -0.15) is 5.26 Å². The first-order chi connectivity index (χ1) is 9.80. The van der Waals surface area contributed by atoms with Crippen LogP contribution < -0.4 is 5.32 Å². The quantitative estimate of drug-likeness (QED) is 0.790. The third kappa shape index (κ3) is 3.82. The van der Waals surface area contributed by atoms with Crippen molar-refractivity contribution in [2.75, 3.05) is 26.2 Å². The Morgan fingerprint density at radius 2 is 2.00 bits per heavy atom. The molecule has 2 rings (SSSR count). The van der Waals surface area contributed by atoms with Gasteiger partial charge in [0.15, 0.2) is 0 Å². The molecule has 1 aromatic carbocycles. The van der Waals surface area contributed by atoms with Crippen LogP contribution in [0.25, 0.3) is 0 Å². The summed E-state index contributed by atoms with van der Waals surface area (Å²) in [5.41, 5.74) is 2.55. The lowest BCUT2D eigenvalue weighted by atomic mass is 9.98. The molecule has 1 N–H and O–H groups in total. The summed E-state index contributed by atoms with van der Waals surface area (Å²) in [7, 11) is 0. The van der Waals surface area contributed by atoms with Gasteiger partial charge in [0.25, 0.3) is 0 Å². The fourth-order valence-corrected chi connectivity index (χ4v) is 2.67. The van der Waals surface area contributed by atoms with Crippen LogP contribution in [0.5, 0.6) is 0 Å². The summed E-state index contributed by atoms with van der Waals surface area (Å²) in [5.74, 6) is 0.687.